The highest BCUT2D eigenvalue weighted by molar-refractivity contribution is 6.11. The first-order chi connectivity index (χ1) is 33.6. The van der Waals surface area contributed by atoms with Crippen LogP contribution in [0.2, 0.25) is 0 Å². The molecule has 1 fully saturated rings. The van der Waals surface area contributed by atoms with E-state index in [1.807, 2.05) is 0 Å². The number of anilines is 3. The molecule has 0 aliphatic heterocycles. The van der Waals surface area contributed by atoms with Crippen molar-refractivity contribution in [2.45, 2.75) is 50.4 Å². The summed E-state index contributed by atoms with van der Waals surface area (Å²) in [5, 5.41) is 5.16. The minimum Gasteiger partial charge on any atom is -0.309 e. The number of benzene rings is 10. The van der Waals surface area contributed by atoms with Gasteiger partial charge >= 0.3 is 0 Å². The molecule has 2 aliphatic rings. The van der Waals surface area contributed by atoms with Gasteiger partial charge in [-0.25, -0.2) is 0 Å². The average Bonchev–Trinajstić information content (AvgIpc) is 3.88. The Kier molecular flexibility index (Phi) is 9.75. The molecule has 2 nitrogen and oxygen atoms in total. The molecule has 11 aromatic rings. The summed E-state index contributed by atoms with van der Waals surface area (Å²) in [4.78, 5) is 2.55. The predicted octanol–water partition coefficient (Wildman–Crippen LogP) is 18.1. The van der Waals surface area contributed by atoms with E-state index in [9.17, 15) is 0 Å². The van der Waals surface area contributed by atoms with Crippen molar-refractivity contribution in [3.05, 3.63) is 253 Å². The molecule has 0 spiro atoms. The van der Waals surface area contributed by atoms with Gasteiger partial charge in [0.15, 0.2) is 0 Å². The first kappa shape index (κ1) is 40.3. The van der Waals surface area contributed by atoms with Gasteiger partial charge in [0.05, 0.1) is 22.4 Å². The Morgan fingerprint density at radius 3 is 1.87 bits per heavy atom. The molecule has 13 rings (SSSR count). The van der Waals surface area contributed by atoms with Gasteiger partial charge in [0.1, 0.15) is 0 Å². The molecule has 10 aromatic carbocycles. The van der Waals surface area contributed by atoms with Crippen LogP contribution in [0.15, 0.2) is 231 Å². The number of para-hydroxylation sites is 4. The molecule has 1 atom stereocenters. The van der Waals surface area contributed by atoms with E-state index in [0.717, 1.165) is 22.7 Å². The van der Waals surface area contributed by atoms with E-state index in [-0.39, 0.29) is 5.41 Å². The maximum Gasteiger partial charge on any atom is 0.0542 e. The van der Waals surface area contributed by atoms with Crippen LogP contribution in [0.25, 0.3) is 71.6 Å². The fourth-order valence-corrected chi connectivity index (χ4v) is 12.3. The highest BCUT2D eigenvalue weighted by Gasteiger charge is 2.41. The van der Waals surface area contributed by atoms with Crippen molar-refractivity contribution in [3.8, 4) is 39.1 Å². The van der Waals surface area contributed by atoms with Crippen LogP contribution in [0.1, 0.15) is 67.2 Å². The molecule has 326 valence electrons. The molecule has 0 amide bonds. The summed E-state index contributed by atoms with van der Waals surface area (Å²) in [7, 11) is 0. The summed E-state index contributed by atoms with van der Waals surface area (Å²) < 4.78 is 2.41. The van der Waals surface area contributed by atoms with E-state index in [0.29, 0.717) is 5.92 Å². The van der Waals surface area contributed by atoms with Crippen LogP contribution in [0.4, 0.5) is 17.1 Å². The fraction of sp³-hybridized carbons (Fsp3) is 0.121. The van der Waals surface area contributed by atoms with Crippen LogP contribution < -0.4 is 4.90 Å². The van der Waals surface area contributed by atoms with Crippen LogP contribution in [-0.4, -0.2) is 4.57 Å². The SMILES string of the molecule is CC1(c2ccccc2)c2ccccc2-c2ccc(-c3ccccc3N(c3ccc4c(c3)c3ccccc3n4-c3ccccc3)c3ccccc3-c3cccc4cccc(C5CCCCC5)c34)cc21. The third-order valence-electron chi connectivity index (χ3n) is 15.5. The number of fused-ring (bicyclic) bond motifs is 7. The molecular weight excluding hydrogens is 821 g/mol. The summed E-state index contributed by atoms with van der Waals surface area (Å²) >= 11 is 0. The second-order valence-electron chi connectivity index (χ2n) is 19.1. The molecule has 1 unspecified atom stereocenters. The number of hydrogen-bond donors (Lipinski definition) is 0. The van der Waals surface area contributed by atoms with E-state index in [2.05, 4.69) is 247 Å². The number of nitrogens with zero attached hydrogens (tertiary/aromatic N) is 2. The lowest BCUT2D eigenvalue weighted by Gasteiger charge is -2.31. The van der Waals surface area contributed by atoms with Gasteiger partial charge < -0.3 is 9.47 Å². The monoisotopic (exact) mass is 872 g/mol. The lowest BCUT2D eigenvalue weighted by Crippen LogP contribution is -2.22. The van der Waals surface area contributed by atoms with Gasteiger partial charge in [-0.1, -0.05) is 195 Å². The van der Waals surface area contributed by atoms with Crippen molar-refractivity contribution in [2.75, 3.05) is 4.90 Å². The van der Waals surface area contributed by atoms with E-state index in [4.69, 9.17) is 0 Å². The van der Waals surface area contributed by atoms with Crippen molar-refractivity contribution in [3.63, 3.8) is 0 Å². The van der Waals surface area contributed by atoms with E-state index >= 15 is 0 Å². The van der Waals surface area contributed by atoms with E-state index in [1.165, 1.54) is 120 Å². The minimum absolute atomic E-state index is 0.313. The maximum atomic E-state index is 2.55. The predicted molar refractivity (Wildman–Crippen MR) is 287 cm³/mol. The summed E-state index contributed by atoms with van der Waals surface area (Å²) in [6.07, 6.45) is 6.43. The van der Waals surface area contributed by atoms with Crippen LogP contribution >= 0.6 is 0 Å². The first-order valence-electron chi connectivity index (χ1n) is 24.5. The number of rotatable bonds is 8. The summed E-state index contributed by atoms with van der Waals surface area (Å²) in [6, 6.07) is 86.2. The van der Waals surface area contributed by atoms with Crippen molar-refractivity contribution >= 4 is 49.6 Å². The Hall–Kier alpha value is -7.94. The minimum atomic E-state index is -0.313. The van der Waals surface area contributed by atoms with Gasteiger partial charge in [0.2, 0.25) is 0 Å². The third kappa shape index (κ3) is 6.39. The van der Waals surface area contributed by atoms with Gasteiger partial charge in [-0.05, 0) is 136 Å². The molecule has 0 bridgehead atoms. The van der Waals surface area contributed by atoms with Crippen molar-refractivity contribution in [2.24, 2.45) is 0 Å². The molecule has 0 radical (unpaired) electrons. The molecule has 2 aliphatic carbocycles. The number of aromatic nitrogens is 1. The molecule has 1 saturated carbocycles. The van der Waals surface area contributed by atoms with Crippen LogP contribution in [0.5, 0.6) is 0 Å². The normalized spacial score (nSPS) is 15.7. The Balaban J connectivity index is 1.06. The topological polar surface area (TPSA) is 8.17 Å². The Labute approximate surface area is 399 Å². The lowest BCUT2D eigenvalue weighted by molar-refractivity contribution is 0.445. The van der Waals surface area contributed by atoms with Gasteiger partial charge in [-0.2, -0.15) is 0 Å². The molecule has 1 aromatic heterocycles. The second kappa shape index (κ2) is 16.4. The van der Waals surface area contributed by atoms with Gasteiger partial charge in [-0.15, -0.1) is 0 Å². The molecular formula is C66H52N2. The molecule has 0 N–H and O–H groups in total. The fourth-order valence-electron chi connectivity index (χ4n) is 12.3. The summed E-state index contributed by atoms with van der Waals surface area (Å²) in [6.45, 7) is 2.41. The van der Waals surface area contributed by atoms with Crippen molar-refractivity contribution in [1.82, 2.24) is 4.57 Å². The molecule has 2 heteroatoms. The summed E-state index contributed by atoms with van der Waals surface area (Å²) in [5.41, 5.74) is 19.6. The van der Waals surface area contributed by atoms with E-state index in [1.54, 1.807) is 0 Å². The zero-order valence-electron chi connectivity index (χ0n) is 38.4. The number of hydrogen-bond acceptors (Lipinski definition) is 1. The summed E-state index contributed by atoms with van der Waals surface area (Å²) in [5.74, 6) is 0.564. The quantitative estimate of drug-likeness (QED) is 0.148. The second-order valence-corrected chi connectivity index (χ2v) is 19.1. The van der Waals surface area contributed by atoms with E-state index < -0.39 is 0 Å². The van der Waals surface area contributed by atoms with Crippen LogP contribution in [0, 0.1) is 0 Å². The van der Waals surface area contributed by atoms with Crippen molar-refractivity contribution in [1.29, 1.82) is 0 Å². The first-order valence-corrected chi connectivity index (χ1v) is 24.5. The zero-order chi connectivity index (χ0) is 45.2. The highest BCUT2D eigenvalue weighted by atomic mass is 15.1. The molecule has 68 heavy (non-hydrogen) atoms. The van der Waals surface area contributed by atoms with Gasteiger partial charge in [0, 0.05) is 38.7 Å². The van der Waals surface area contributed by atoms with Crippen LogP contribution in [0.3, 0.4) is 0 Å². The Bertz CT molecular complexity index is 3680. The Morgan fingerprint density at radius 2 is 1.06 bits per heavy atom. The van der Waals surface area contributed by atoms with Gasteiger partial charge in [0.25, 0.3) is 0 Å². The Morgan fingerprint density at radius 1 is 0.441 bits per heavy atom. The zero-order valence-corrected chi connectivity index (χ0v) is 38.4. The molecule has 1 heterocycles. The standard InChI is InChI=1S/C66H52N2/c1-66(48-25-7-3-8-26-48)59-35-15-11-30-53(59)54-41-39-47(43-60(54)66)51-29-12-16-36-61(51)68(50-40-42-64-58(44-50)56-32-14-18-38-63(56)67(64)49-27-9-4-10-28-49)62-37-17-13-31-55(62)57-34-20-24-46-23-19-33-52(65(46)57)45-21-5-2-6-22-45/h3-4,7-20,23-45H,2,5-6,21-22H2,1H3. The van der Waals surface area contributed by atoms with Gasteiger partial charge in [-0.3, -0.25) is 0 Å². The smallest absolute Gasteiger partial charge is 0.0542 e. The highest BCUT2D eigenvalue weighted by Crippen LogP contribution is 2.54. The molecule has 0 saturated heterocycles. The largest absolute Gasteiger partial charge is 0.309 e. The van der Waals surface area contributed by atoms with Crippen molar-refractivity contribution < 1.29 is 0 Å². The lowest BCUT2D eigenvalue weighted by atomic mass is 9.74. The third-order valence-corrected chi connectivity index (χ3v) is 15.5. The van der Waals surface area contributed by atoms with Crippen LogP contribution in [-0.2, 0) is 5.41 Å². The average molecular weight is 873 g/mol. The maximum absolute atomic E-state index is 2.55.